The highest BCUT2D eigenvalue weighted by Crippen LogP contribution is 2.23. The number of piperidine rings is 1. The third-order valence-electron chi connectivity index (χ3n) is 6.36. The van der Waals surface area contributed by atoms with E-state index in [0.29, 0.717) is 36.0 Å². The molecule has 192 valence electrons. The van der Waals surface area contributed by atoms with Gasteiger partial charge in [0, 0.05) is 25.7 Å². The van der Waals surface area contributed by atoms with Gasteiger partial charge in [-0.15, -0.1) is 0 Å². The molecule has 0 unspecified atom stereocenters. The molecule has 1 aromatic carbocycles. The van der Waals surface area contributed by atoms with Crippen molar-refractivity contribution in [3.8, 4) is 5.75 Å². The van der Waals surface area contributed by atoms with Crippen LogP contribution in [0.2, 0.25) is 0 Å². The lowest BCUT2D eigenvalue weighted by molar-refractivity contribution is 0.0971. The number of amides is 1. The second-order valence-electron chi connectivity index (χ2n) is 8.97. The smallest absolute Gasteiger partial charge is 0.276 e. The zero-order chi connectivity index (χ0) is 25.3. The number of fused-ring (bicyclic) bond motifs is 1. The zero-order valence-electron chi connectivity index (χ0n) is 21.5. The van der Waals surface area contributed by atoms with E-state index in [0.717, 1.165) is 43.9 Å². The van der Waals surface area contributed by atoms with Crippen molar-refractivity contribution in [1.82, 2.24) is 29.7 Å². The van der Waals surface area contributed by atoms with Crippen LogP contribution in [0, 0.1) is 0 Å². The lowest BCUT2D eigenvalue weighted by Crippen LogP contribution is -2.31. The van der Waals surface area contributed by atoms with Gasteiger partial charge in [-0.1, -0.05) is 13.3 Å². The minimum Gasteiger partial charge on any atom is -0.497 e. The van der Waals surface area contributed by atoms with Crippen LogP contribution in [0.25, 0.3) is 11.3 Å². The lowest BCUT2D eigenvalue weighted by Gasteiger charge is -2.26. The topological polar surface area (TPSA) is 110 Å². The fourth-order valence-corrected chi connectivity index (χ4v) is 4.41. The molecular weight excluding hydrogens is 456 g/mol. The number of hydrogen-bond acceptors (Lipinski definition) is 8. The van der Waals surface area contributed by atoms with E-state index in [1.54, 1.807) is 14.2 Å². The predicted molar refractivity (Wildman–Crippen MR) is 142 cm³/mol. The summed E-state index contributed by atoms with van der Waals surface area (Å²) in [7, 11) is 3.32. The second-order valence-corrected chi connectivity index (χ2v) is 8.97. The molecule has 0 atom stereocenters. The Morgan fingerprint density at radius 2 is 1.89 bits per heavy atom. The Hall–Kier alpha value is -3.53. The highest BCUT2D eigenvalue weighted by Gasteiger charge is 2.18. The summed E-state index contributed by atoms with van der Waals surface area (Å²) < 4.78 is 7.29. The molecule has 3 heterocycles. The average molecular weight is 493 g/mol. The number of likely N-dealkylation sites (tertiary alicyclic amines) is 1. The number of benzene rings is 1. The molecule has 1 aliphatic rings. The summed E-state index contributed by atoms with van der Waals surface area (Å²) >= 11 is 0. The second kappa shape index (κ2) is 12.4. The van der Waals surface area contributed by atoms with Crippen LogP contribution in [0.5, 0.6) is 5.75 Å². The molecule has 36 heavy (non-hydrogen) atoms. The van der Waals surface area contributed by atoms with Crippen molar-refractivity contribution >= 4 is 34.7 Å². The molecule has 1 saturated heterocycles. The van der Waals surface area contributed by atoms with Gasteiger partial charge < -0.3 is 20.3 Å². The number of aryl methyl sites for hydroxylation is 1. The Balaban J connectivity index is 1.59. The van der Waals surface area contributed by atoms with E-state index >= 15 is 0 Å². The molecule has 0 radical (unpaired) electrons. The number of anilines is 2. The van der Waals surface area contributed by atoms with Crippen LogP contribution in [-0.4, -0.2) is 70.0 Å². The van der Waals surface area contributed by atoms with Gasteiger partial charge in [0.2, 0.25) is 5.95 Å². The lowest BCUT2D eigenvalue weighted by atomic mass is 10.1. The number of carbonyl (C=O) groups excluding carboxylic acids is 1. The van der Waals surface area contributed by atoms with Crippen molar-refractivity contribution in [2.24, 2.45) is 4.99 Å². The maximum atomic E-state index is 12.9. The highest BCUT2D eigenvalue weighted by atomic mass is 16.5. The summed E-state index contributed by atoms with van der Waals surface area (Å²) in [5.74, 6) is 1.76. The number of ether oxygens (including phenoxy) is 1. The molecular formula is C26H36N8O2. The molecule has 1 fully saturated rings. The van der Waals surface area contributed by atoms with Crippen molar-refractivity contribution in [3.05, 3.63) is 36.2 Å². The summed E-state index contributed by atoms with van der Waals surface area (Å²) in [4.78, 5) is 33.4. The van der Waals surface area contributed by atoms with Crippen molar-refractivity contribution in [2.75, 3.05) is 39.1 Å². The highest BCUT2D eigenvalue weighted by molar-refractivity contribution is 6.05. The first kappa shape index (κ1) is 25.6. The van der Waals surface area contributed by atoms with Gasteiger partial charge in [-0.2, -0.15) is 4.98 Å². The van der Waals surface area contributed by atoms with Gasteiger partial charge in [0.15, 0.2) is 11.3 Å². The van der Waals surface area contributed by atoms with Crippen LogP contribution >= 0.6 is 0 Å². The van der Waals surface area contributed by atoms with Crippen molar-refractivity contribution in [1.29, 1.82) is 0 Å². The fourth-order valence-electron chi connectivity index (χ4n) is 4.41. The molecule has 3 aromatic rings. The molecule has 10 nitrogen and oxygen atoms in total. The van der Waals surface area contributed by atoms with E-state index in [1.807, 2.05) is 35.8 Å². The monoisotopic (exact) mass is 492 g/mol. The van der Waals surface area contributed by atoms with Crippen molar-refractivity contribution in [2.45, 2.75) is 52.0 Å². The molecule has 2 aromatic heterocycles. The maximum Gasteiger partial charge on any atom is 0.276 e. The summed E-state index contributed by atoms with van der Waals surface area (Å²) in [6.07, 6.45) is 7.86. The van der Waals surface area contributed by atoms with Gasteiger partial charge in [0.05, 0.1) is 13.3 Å². The molecule has 1 aliphatic heterocycles. The Morgan fingerprint density at radius 3 is 2.58 bits per heavy atom. The third-order valence-corrected chi connectivity index (χ3v) is 6.36. The quantitative estimate of drug-likeness (QED) is 0.325. The average Bonchev–Trinajstić information content (AvgIpc) is 3.25. The van der Waals surface area contributed by atoms with E-state index in [4.69, 9.17) is 9.72 Å². The summed E-state index contributed by atoms with van der Waals surface area (Å²) in [5.41, 5.74) is 2.21. The molecule has 0 bridgehead atoms. The number of aliphatic imine (C=N–C) groups is 1. The first-order valence-electron chi connectivity index (χ1n) is 12.7. The Kier molecular flexibility index (Phi) is 8.83. The number of carbonyl (C=O) groups is 1. The maximum absolute atomic E-state index is 12.9. The standard InChI is InChI=1S/C26H36N8O2/c1-4-9-22(27-2)31-25(35)21-18-28-23-24(30-21)34(17-8-16-33-14-6-5-7-15-33)26(32-23)29-19-10-12-20(36-3)13-11-19/h10-13,18H,4-9,14-17H2,1-3H3,(H,27,31,35)(H,28,29,32). The van der Waals surface area contributed by atoms with E-state index in [1.165, 1.54) is 25.5 Å². The van der Waals surface area contributed by atoms with Crippen LogP contribution in [0.3, 0.4) is 0 Å². The van der Waals surface area contributed by atoms with Crippen LogP contribution in [0.4, 0.5) is 11.6 Å². The van der Waals surface area contributed by atoms with Gasteiger partial charge in [-0.3, -0.25) is 14.4 Å². The number of methoxy groups -OCH3 is 1. The first-order chi connectivity index (χ1) is 17.6. The summed E-state index contributed by atoms with van der Waals surface area (Å²) in [6, 6.07) is 7.67. The number of hydrogen-bond donors (Lipinski definition) is 2. The number of rotatable bonds is 10. The third kappa shape index (κ3) is 6.37. The molecule has 10 heteroatoms. The van der Waals surface area contributed by atoms with E-state index in [-0.39, 0.29) is 11.6 Å². The Labute approximate surface area is 212 Å². The Morgan fingerprint density at radius 1 is 1.11 bits per heavy atom. The molecule has 0 saturated carbocycles. The Bertz CT molecular complexity index is 1180. The predicted octanol–water partition coefficient (Wildman–Crippen LogP) is 4.01. The first-order valence-corrected chi connectivity index (χ1v) is 12.7. The zero-order valence-corrected chi connectivity index (χ0v) is 21.5. The SMILES string of the molecule is CCCC(=NC)NC(=O)c1cnc2nc(Nc3ccc(OC)cc3)n(CCCN3CCCCC3)c2n1. The number of nitrogens with zero attached hydrogens (tertiary/aromatic N) is 6. The van der Waals surface area contributed by atoms with Crippen LogP contribution in [0.1, 0.15) is 55.9 Å². The van der Waals surface area contributed by atoms with Gasteiger partial charge in [-0.25, -0.2) is 9.97 Å². The molecule has 4 rings (SSSR count). The fraction of sp³-hybridized carbons (Fsp3) is 0.500. The minimum atomic E-state index is -0.316. The number of amidine groups is 1. The van der Waals surface area contributed by atoms with E-state index in [9.17, 15) is 4.79 Å². The number of imidazole rings is 1. The molecule has 2 N–H and O–H groups in total. The molecule has 0 aliphatic carbocycles. The van der Waals surface area contributed by atoms with E-state index < -0.39 is 0 Å². The number of aromatic nitrogens is 4. The molecule has 1 amide bonds. The summed E-state index contributed by atoms with van der Waals surface area (Å²) in [5, 5.41) is 6.25. The van der Waals surface area contributed by atoms with Gasteiger partial charge in [0.1, 0.15) is 17.3 Å². The van der Waals surface area contributed by atoms with Crippen LogP contribution < -0.4 is 15.4 Å². The van der Waals surface area contributed by atoms with Crippen LogP contribution in [-0.2, 0) is 6.54 Å². The van der Waals surface area contributed by atoms with Crippen molar-refractivity contribution < 1.29 is 9.53 Å². The minimum absolute atomic E-state index is 0.243. The largest absolute Gasteiger partial charge is 0.497 e. The van der Waals surface area contributed by atoms with Gasteiger partial charge in [0.25, 0.3) is 5.91 Å². The van der Waals surface area contributed by atoms with Gasteiger partial charge >= 0.3 is 0 Å². The normalized spacial score (nSPS) is 14.7. The molecule has 0 spiro atoms. The van der Waals surface area contributed by atoms with Crippen LogP contribution in [0.15, 0.2) is 35.5 Å². The van der Waals surface area contributed by atoms with Crippen molar-refractivity contribution in [3.63, 3.8) is 0 Å². The van der Waals surface area contributed by atoms with E-state index in [2.05, 4.69) is 30.5 Å². The number of nitrogens with one attached hydrogen (secondary N) is 2. The summed E-state index contributed by atoms with van der Waals surface area (Å²) in [6.45, 7) is 6.09. The van der Waals surface area contributed by atoms with Gasteiger partial charge in [-0.05, 0) is 69.6 Å².